The van der Waals surface area contributed by atoms with Gasteiger partial charge in [-0.05, 0) is 12.7 Å². The second-order valence-corrected chi connectivity index (χ2v) is 0. The zero-order valence-corrected chi connectivity index (χ0v) is 6.69. The summed E-state index contributed by atoms with van der Waals surface area (Å²) in [6, 6.07) is 0. The number of hydrogen-bond donors (Lipinski definition) is 0. The van der Waals surface area contributed by atoms with Crippen LogP contribution in [-0.2, 0) is 24.3 Å². The minimum atomic E-state index is 1.70. The Morgan fingerprint density at radius 1 is 1.50 bits per heavy atom. The van der Waals surface area contributed by atoms with Gasteiger partial charge in [-0.25, -0.2) is 0 Å². The fraction of sp³-hybridized carbons (Fsp3) is 0. The molecule has 1 nitrogen and oxygen atoms in total. The Kier molecular flexibility index (Phi) is 50.3. The van der Waals surface area contributed by atoms with E-state index in [0.717, 1.165) is 0 Å². The summed E-state index contributed by atoms with van der Waals surface area (Å²) in [5, 5.41) is 0. The van der Waals surface area contributed by atoms with Gasteiger partial charge >= 0.3 is 24.3 Å². The predicted octanol–water partition coefficient (Wildman–Crippen LogP) is 1.61. The van der Waals surface area contributed by atoms with Crippen LogP contribution in [0, 0.1) is 0 Å². The van der Waals surface area contributed by atoms with Gasteiger partial charge in [0.05, 0.1) is 0 Å². The normalized spacial score (nSPS) is 3.00. The summed E-state index contributed by atoms with van der Waals surface area (Å²) in [5.41, 5.74) is 0. The van der Waals surface area contributed by atoms with Gasteiger partial charge in [-0.3, -0.25) is 0 Å². The first-order chi connectivity index (χ1) is 2.00. The molecule has 31 valence electrons. The molecule has 0 saturated heterocycles. The molecule has 0 aromatic carbocycles. The summed E-state index contributed by atoms with van der Waals surface area (Å²) in [7, 11) is 0. The molecule has 0 aromatic heterocycles. The Labute approximate surface area is 56.7 Å². The standard InChI is InChI=1S/Ag.BrI.O/c;1-2;. The topological polar surface area (TPSA) is 17.1 Å². The van der Waals surface area contributed by atoms with E-state index in [2.05, 4.69) is 12.7 Å². The molecule has 0 aliphatic rings. The van der Waals surface area contributed by atoms with Gasteiger partial charge in [0.15, 0.2) is 0 Å². The first-order valence-electron chi connectivity index (χ1n) is 0.266. The molecule has 0 radical (unpaired) electrons. The van der Waals surface area contributed by atoms with Gasteiger partial charge in [0, 0.05) is 20.4 Å². The van der Waals surface area contributed by atoms with Crippen LogP contribution in [0.2, 0.25) is 0 Å². The summed E-state index contributed by atoms with van der Waals surface area (Å²) in [6.07, 6.45) is 0. The van der Waals surface area contributed by atoms with E-state index in [4.69, 9.17) is 3.25 Å². The maximum absolute atomic E-state index is 8.06. The van der Waals surface area contributed by atoms with Gasteiger partial charge < -0.3 is 0 Å². The van der Waals surface area contributed by atoms with Crippen molar-refractivity contribution in [3.8, 4) is 0 Å². The Hall–Kier alpha value is 1.75. The third kappa shape index (κ3) is 9.26. The van der Waals surface area contributed by atoms with Crippen LogP contribution in [0.15, 0.2) is 0 Å². The molecule has 0 fully saturated rings. The molecule has 0 bridgehead atoms. The van der Waals surface area contributed by atoms with Crippen molar-refractivity contribution in [2.24, 2.45) is 0 Å². The van der Waals surface area contributed by atoms with Crippen molar-refractivity contribution in [1.29, 1.82) is 0 Å². The number of hydrogen-bond acceptors (Lipinski definition) is 1. The van der Waals surface area contributed by atoms with Gasteiger partial charge in [0.1, 0.15) is 0 Å². The van der Waals surface area contributed by atoms with Gasteiger partial charge in [0.25, 0.3) is 0 Å². The second kappa shape index (κ2) is 21.8. The molecule has 0 aromatic rings. The van der Waals surface area contributed by atoms with Crippen LogP contribution in [0.5, 0.6) is 0 Å². The van der Waals surface area contributed by atoms with E-state index in [1.54, 1.807) is 21.0 Å². The Bertz CT molecular complexity index is 8.00. The molecule has 0 N–H and O–H groups in total. The Morgan fingerprint density at radius 3 is 1.50 bits per heavy atom. The SMILES string of the molecule is BrI.[O]=[Ag]. The third-order valence-corrected chi connectivity index (χ3v) is 0. The van der Waals surface area contributed by atoms with Crippen LogP contribution in [0.25, 0.3) is 0 Å². The van der Waals surface area contributed by atoms with Crippen LogP contribution in [-0.4, -0.2) is 0 Å². The average molecular weight is 331 g/mol. The summed E-state index contributed by atoms with van der Waals surface area (Å²) < 4.78 is 8.06. The van der Waals surface area contributed by atoms with Crippen LogP contribution in [0.1, 0.15) is 0 Å². The molecular formula is AgBrIO. The summed E-state index contributed by atoms with van der Waals surface area (Å²) >= 11 is 6.57. The Balaban J connectivity index is 0. The third-order valence-electron chi connectivity index (χ3n) is 0. The molecule has 0 rings (SSSR count). The minimum absolute atomic E-state index is 1.70. The zero-order chi connectivity index (χ0) is 4.00. The van der Waals surface area contributed by atoms with E-state index >= 15 is 0 Å². The monoisotopic (exact) mass is 329 g/mol. The van der Waals surface area contributed by atoms with Crippen molar-refractivity contribution >= 4 is 33.1 Å². The van der Waals surface area contributed by atoms with Crippen molar-refractivity contribution in [3.05, 3.63) is 0 Å². The summed E-state index contributed by atoms with van der Waals surface area (Å²) in [6.45, 7) is 0. The van der Waals surface area contributed by atoms with Gasteiger partial charge in [0.2, 0.25) is 0 Å². The van der Waals surface area contributed by atoms with Crippen molar-refractivity contribution in [1.82, 2.24) is 0 Å². The van der Waals surface area contributed by atoms with E-state index in [1.807, 2.05) is 20.4 Å². The quantitative estimate of drug-likeness (QED) is 0.487. The van der Waals surface area contributed by atoms with Gasteiger partial charge in [-0.15, -0.1) is 0 Å². The van der Waals surface area contributed by atoms with E-state index in [1.165, 1.54) is 0 Å². The van der Waals surface area contributed by atoms with Gasteiger partial charge in [-0.2, -0.15) is 0 Å². The molecule has 4 heavy (non-hydrogen) atoms. The van der Waals surface area contributed by atoms with E-state index in [-0.39, 0.29) is 0 Å². The van der Waals surface area contributed by atoms with Crippen LogP contribution in [0.4, 0.5) is 0 Å². The Morgan fingerprint density at radius 2 is 1.50 bits per heavy atom. The predicted molar refractivity (Wildman–Crippen MR) is 23.6 cm³/mol. The van der Waals surface area contributed by atoms with E-state index in [0.29, 0.717) is 0 Å². The molecule has 0 aliphatic carbocycles. The van der Waals surface area contributed by atoms with Crippen LogP contribution >= 0.6 is 33.1 Å². The fourth-order valence-corrected chi connectivity index (χ4v) is 0. The summed E-state index contributed by atoms with van der Waals surface area (Å²) in [5.74, 6) is 0. The van der Waals surface area contributed by atoms with Crippen molar-refractivity contribution < 1.29 is 24.3 Å². The van der Waals surface area contributed by atoms with E-state index < -0.39 is 0 Å². The first kappa shape index (κ1) is 9.23. The summed E-state index contributed by atoms with van der Waals surface area (Å²) in [4.78, 5) is 0. The number of rotatable bonds is 0. The molecule has 0 aliphatic heterocycles. The van der Waals surface area contributed by atoms with Crippen LogP contribution in [0.3, 0.4) is 0 Å². The second-order valence-electron chi connectivity index (χ2n) is 0. The molecule has 0 unspecified atom stereocenters. The number of halogens is 2. The molecular weight excluding hydrogens is 331 g/mol. The van der Waals surface area contributed by atoms with Crippen molar-refractivity contribution in [2.75, 3.05) is 0 Å². The van der Waals surface area contributed by atoms with Gasteiger partial charge in [-0.1, -0.05) is 0 Å². The molecule has 0 amide bonds. The molecule has 0 atom stereocenters. The average Bonchev–Trinajstić information content (AvgIpc) is 1.50. The van der Waals surface area contributed by atoms with E-state index in [9.17, 15) is 0 Å². The zero-order valence-electron chi connectivity index (χ0n) is 1.47. The molecule has 0 heterocycles. The molecule has 0 spiro atoms. The molecule has 4 heteroatoms. The first-order valence-corrected chi connectivity index (χ1v) is 5.71. The molecule has 0 saturated carbocycles. The van der Waals surface area contributed by atoms with Crippen molar-refractivity contribution in [2.45, 2.75) is 0 Å². The maximum atomic E-state index is 8.06. The van der Waals surface area contributed by atoms with Crippen molar-refractivity contribution in [3.63, 3.8) is 0 Å². The fourth-order valence-electron chi connectivity index (χ4n) is 0. The van der Waals surface area contributed by atoms with Crippen LogP contribution < -0.4 is 0 Å².